The number of hydrogen-bond acceptors (Lipinski definition) is 5. The highest BCUT2D eigenvalue weighted by atomic mass is 31.2. The van der Waals surface area contributed by atoms with Crippen LogP contribution in [0.1, 0.15) is 155 Å². The number of quaternary nitrogens is 1. The van der Waals surface area contributed by atoms with Gasteiger partial charge in [-0.25, -0.2) is 4.57 Å². The molecule has 3 atom stereocenters. The summed E-state index contributed by atoms with van der Waals surface area (Å²) in [6.07, 6.45) is 44.2. The Morgan fingerprint density at radius 3 is 1.69 bits per heavy atom. The van der Waals surface area contributed by atoms with Crippen LogP contribution >= 0.6 is 7.82 Å². The molecule has 0 aromatic heterocycles. The largest absolute Gasteiger partial charge is 0.472 e. The van der Waals surface area contributed by atoms with E-state index in [1.807, 2.05) is 27.2 Å². The molecule has 0 aliphatic rings. The van der Waals surface area contributed by atoms with E-state index in [9.17, 15) is 19.4 Å². The van der Waals surface area contributed by atoms with Gasteiger partial charge in [-0.05, 0) is 70.6 Å². The molecule has 9 heteroatoms. The highest BCUT2D eigenvalue weighted by Crippen LogP contribution is 2.43. The summed E-state index contributed by atoms with van der Waals surface area (Å²) in [4.78, 5) is 23.0. The van der Waals surface area contributed by atoms with Crippen LogP contribution in [0.3, 0.4) is 0 Å². The first-order chi connectivity index (χ1) is 25.0. The molecule has 3 unspecified atom stereocenters. The molecule has 0 aliphatic heterocycles. The fraction of sp³-hybridized carbons (Fsp3) is 0.744. The van der Waals surface area contributed by atoms with Crippen molar-refractivity contribution in [3.63, 3.8) is 0 Å². The Kier molecular flexibility index (Phi) is 33.7. The van der Waals surface area contributed by atoms with Gasteiger partial charge in [-0.1, -0.05) is 139 Å². The number of likely N-dealkylation sites (N-methyl/N-ethyl adjacent to an activating group) is 1. The van der Waals surface area contributed by atoms with Crippen LogP contribution in [0.25, 0.3) is 0 Å². The van der Waals surface area contributed by atoms with Crippen molar-refractivity contribution in [2.24, 2.45) is 0 Å². The number of aliphatic hydroxyl groups is 1. The molecule has 0 bridgehead atoms. The van der Waals surface area contributed by atoms with Crippen molar-refractivity contribution >= 4 is 13.7 Å². The minimum absolute atomic E-state index is 0.0485. The lowest BCUT2D eigenvalue weighted by molar-refractivity contribution is -0.870. The number of aliphatic hydroxyl groups excluding tert-OH is 1. The summed E-state index contributed by atoms with van der Waals surface area (Å²) in [5, 5.41) is 13.7. The predicted molar refractivity (Wildman–Crippen MR) is 221 cm³/mol. The Morgan fingerprint density at radius 2 is 1.12 bits per heavy atom. The number of rotatable bonds is 36. The maximum atomic E-state index is 12.8. The number of nitrogens with one attached hydrogen (secondary N) is 1. The van der Waals surface area contributed by atoms with Gasteiger partial charge in [-0.15, -0.1) is 0 Å². The summed E-state index contributed by atoms with van der Waals surface area (Å²) in [5.74, 6) is -0.207. The number of nitrogens with zero attached hydrogens (tertiary/aromatic N) is 1. The van der Waals surface area contributed by atoms with Gasteiger partial charge in [0.1, 0.15) is 13.2 Å². The van der Waals surface area contributed by atoms with Crippen LogP contribution < -0.4 is 5.32 Å². The Balaban J connectivity index is 4.61. The van der Waals surface area contributed by atoms with Crippen molar-refractivity contribution in [3.05, 3.63) is 60.8 Å². The fourth-order valence-electron chi connectivity index (χ4n) is 5.35. The standard InChI is InChI=1S/C43H79N2O6P/c1-6-8-10-12-14-16-18-20-22-24-26-28-30-32-34-36-42(46)41(40-51-52(48,49)50-39-38-45(3,4)5)44-43(47)37-35-33-31-29-27-25-23-21-19-17-15-13-11-9-7-2/h15,17-21,26,28,34,36,41-42,46H,6-14,16,22-25,27,29-33,35,37-40H2,1-5H3,(H-,44,47,48,49)/p+1/b17-15-,20-18+,21-19-,28-26+,36-34+. The molecule has 0 radical (unpaired) electrons. The highest BCUT2D eigenvalue weighted by molar-refractivity contribution is 7.47. The van der Waals surface area contributed by atoms with E-state index in [0.717, 1.165) is 64.2 Å². The second-order valence-electron chi connectivity index (χ2n) is 15.0. The van der Waals surface area contributed by atoms with Crippen molar-refractivity contribution < 1.29 is 32.9 Å². The van der Waals surface area contributed by atoms with E-state index >= 15 is 0 Å². The molecule has 0 aliphatic carbocycles. The van der Waals surface area contributed by atoms with Crippen molar-refractivity contribution in [1.29, 1.82) is 0 Å². The van der Waals surface area contributed by atoms with Crippen LogP contribution in [0.2, 0.25) is 0 Å². The lowest BCUT2D eigenvalue weighted by Gasteiger charge is -2.25. The number of hydrogen-bond donors (Lipinski definition) is 3. The summed E-state index contributed by atoms with van der Waals surface area (Å²) >= 11 is 0. The molecular weight excluding hydrogens is 671 g/mol. The third-order valence-corrected chi connectivity index (χ3v) is 9.70. The number of unbranched alkanes of at least 4 members (excludes halogenated alkanes) is 16. The topological polar surface area (TPSA) is 105 Å². The lowest BCUT2D eigenvalue weighted by Crippen LogP contribution is -2.45. The summed E-state index contributed by atoms with van der Waals surface area (Å²) in [7, 11) is 1.53. The molecule has 0 aromatic rings. The second kappa shape index (κ2) is 34.9. The molecule has 0 rings (SSSR count). The van der Waals surface area contributed by atoms with Crippen molar-refractivity contribution in [3.8, 4) is 0 Å². The summed E-state index contributed by atoms with van der Waals surface area (Å²) in [6.45, 7) is 4.70. The smallest absolute Gasteiger partial charge is 0.387 e. The van der Waals surface area contributed by atoms with E-state index < -0.39 is 20.0 Å². The zero-order valence-corrected chi connectivity index (χ0v) is 34.9. The third-order valence-electron chi connectivity index (χ3n) is 8.72. The Morgan fingerprint density at radius 1 is 0.654 bits per heavy atom. The van der Waals surface area contributed by atoms with Crippen LogP contribution in [0.15, 0.2) is 60.8 Å². The minimum atomic E-state index is -4.35. The molecule has 0 saturated heterocycles. The molecular formula is C43H80N2O6P+. The summed E-state index contributed by atoms with van der Waals surface area (Å²) in [5.41, 5.74) is 0. The predicted octanol–water partition coefficient (Wildman–Crippen LogP) is 11.1. The normalized spacial score (nSPS) is 15.1. The Hall–Kier alpha value is -1.80. The van der Waals surface area contributed by atoms with Crippen molar-refractivity contribution in [2.75, 3.05) is 40.9 Å². The van der Waals surface area contributed by atoms with Crippen LogP contribution in [0, 0.1) is 0 Å². The van der Waals surface area contributed by atoms with E-state index in [2.05, 4.69) is 67.8 Å². The maximum Gasteiger partial charge on any atom is 0.472 e. The Bertz CT molecular complexity index is 1030. The first-order valence-electron chi connectivity index (χ1n) is 20.7. The summed E-state index contributed by atoms with van der Waals surface area (Å²) in [6, 6.07) is -0.876. The first-order valence-corrected chi connectivity index (χ1v) is 22.2. The van der Waals surface area contributed by atoms with Gasteiger partial charge in [0, 0.05) is 6.42 Å². The van der Waals surface area contributed by atoms with Gasteiger partial charge in [0.05, 0.1) is 39.9 Å². The first kappa shape index (κ1) is 50.2. The maximum absolute atomic E-state index is 12.8. The quantitative estimate of drug-likeness (QED) is 0.0194. The average molecular weight is 752 g/mol. The third kappa shape index (κ3) is 36.6. The molecule has 302 valence electrons. The molecule has 1 amide bonds. The van der Waals surface area contributed by atoms with Gasteiger partial charge in [0.25, 0.3) is 0 Å². The van der Waals surface area contributed by atoms with Gasteiger partial charge in [0.15, 0.2) is 0 Å². The molecule has 0 spiro atoms. The van der Waals surface area contributed by atoms with Gasteiger partial charge in [-0.2, -0.15) is 0 Å². The van der Waals surface area contributed by atoms with E-state index in [1.165, 1.54) is 70.6 Å². The number of carbonyl (C=O) groups excluding carboxylic acids is 1. The number of allylic oxidation sites excluding steroid dienone is 9. The lowest BCUT2D eigenvalue weighted by atomic mass is 10.1. The molecule has 8 nitrogen and oxygen atoms in total. The van der Waals surface area contributed by atoms with E-state index in [4.69, 9.17) is 9.05 Å². The minimum Gasteiger partial charge on any atom is -0.387 e. The molecule has 0 heterocycles. The number of phosphoric ester groups is 1. The monoisotopic (exact) mass is 752 g/mol. The number of carbonyl (C=O) groups is 1. The van der Waals surface area contributed by atoms with Crippen molar-refractivity contribution in [1.82, 2.24) is 5.32 Å². The van der Waals surface area contributed by atoms with Crippen LogP contribution in [0.4, 0.5) is 0 Å². The van der Waals surface area contributed by atoms with E-state index in [-0.39, 0.29) is 19.1 Å². The SMILES string of the molecule is CCCCC/C=C\C=C/CCCCCCCCC(=O)NC(COP(=O)(O)OCC[N+](C)(C)C)C(O)/C=C/CC/C=C/CC/C=C/CCCCCCC. The number of amides is 1. The zero-order chi connectivity index (χ0) is 38.6. The highest BCUT2D eigenvalue weighted by Gasteiger charge is 2.27. The van der Waals surface area contributed by atoms with Crippen LogP contribution in [0.5, 0.6) is 0 Å². The average Bonchev–Trinajstić information content (AvgIpc) is 3.09. The summed E-state index contributed by atoms with van der Waals surface area (Å²) < 4.78 is 23.5. The zero-order valence-electron chi connectivity index (χ0n) is 34.0. The molecule has 3 N–H and O–H groups in total. The van der Waals surface area contributed by atoms with Crippen LogP contribution in [-0.4, -0.2) is 73.4 Å². The fourth-order valence-corrected chi connectivity index (χ4v) is 6.09. The van der Waals surface area contributed by atoms with Crippen LogP contribution in [-0.2, 0) is 18.4 Å². The van der Waals surface area contributed by atoms with Crippen molar-refractivity contribution in [2.45, 2.75) is 167 Å². The van der Waals surface area contributed by atoms with Gasteiger partial charge >= 0.3 is 7.82 Å². The van der Waals surface area contributed by atoms with Gasteiger partial charge in [-0.3, -0.25) is 13.8 Å². The van der Waals surface area contributed by atoms with E-state index in [0.29, 0.717) is 17.4 Å². The molecule has 0 fully saturated rings. The Labute approximate surface area is 320 Å². The molecule has 0 saturated carbocycles. The van der Waals surface area contributed by atoms with E-state index in [1.54, 1.807) is 6.08 Å². The van der Waals surface area contributed by atoms with Gasteiger partial charge in [0.2, 0.25) is 5.91 Å². The van der Waals surface area contributed by atoms with Gasteiger partial charge < -0.3 is 19.8 Å². The second-order valence-corrected chi connectivity index (χ2v) is 16.5. The molecule has 52 heavy (non-hydrogen) atoms. The molecule has 0 aromatic carbocycles. The number of phosphoric acid groups is 1.